The first-order chi connectivity index (χ1) is 20.4. The van der Waals surface area contributed by atoms with Crippen molar-refractivity contribution in [1.29, 1.82) is 5.26 Å². The third-order valence-corrected chi connectivity index (χ3v) is 8.22. The van der Waals surface area contributed by atoms with Gasteiger partial charge in [0.1, 0.15) is 23.3 Å². The molecule has 1 aromatic carbocycles. The predicted molar refractivity (Wildman–Crippen MR) is 157 cm³/mol. The van der Waals surface area contributed by atoms with Crippen molar-refractivity contribution in [2.45, 2.75) is 19.4 Å². The number of fused-ring (bicyclic) bond motifs is 1. The van der Waals surface area contributed by atoms with Gasteiger partial charge in [-0.25, -0.2) is 14.2 Å². The predicted octanol–water partition coefficient (Wildman–Crippen LogP) is 4.07. The normalized spacial score (nSPS) is 15.7. The van der Waals surface area contributed by atoms with E-state index in [1.54, 1.807) is 35.5 Å². The summed E-state index contributed by atoms with van der Waals surface area (Å²) in [5.74, 6) is -1.57. The minimum atomic E-state index is -1.42. The number of rotatable bonds is 6. The van der Waals surface area contributed by atoms with Gasteiger partial charge in [0.25, 0.3) is 0 Å². The van der Waals surface area contributed by atoms with Crippen LogP contribution in [-0.2, 0) is 6.54 Å². The van der Waals surface area contributed by atoms with Gasteiger partial charge in [-0.05, 0) is 56.3 Å². The van der Waals surface area contributed by atoms with Gasteiger partial charge in [0.15, 0.2) is 0 Å². The Bertz CT molecular complexity index is 1770. The van der Waals surface area contributed by atoms with Crippen molar-refractivity contribution in [2.24, 2.45) is 0 Å². The maximum absolute atomic E-state index is 15.7. The molecule has 5 heterocycles. The highest BCUT2D eigenvalue weighted by molar-refractivity contribution is 6.38. The first-order valence-corrected chi connectivity index (χ1v) is 14.1. The lowest BCUT2D eigenvalue weighted by Gasteiger charge is -2.37. The summed E-state index contributed by atoms with van der Waals surface area (Å²) >= 11 is 6.90. The fourth-order valence-electron chi connectivity index (χ4n) is 5.75. The van der Waals surface area contributed by atoms with E-state index in [2.05, 4.69) is 20.9 Å². The van der Waals surface area contributed by atoms with Crippen LogP contribution in [-0.4, -0.2) is 69.8 Å². The SMILES string of the molecule is N#Cc1cccnc1N1CCN(c2c(F)cc3c(=O)c(C(=O)O)cn(-c4ccc(CN5CCCC5)nc4)c3c2Cl)CC1. The number of aromatic carboxylic acids is 1. The Labute approximate surface area is 245 Å². The largest absolute Gasteiger partial charge is 0.477 e. The number of carboxylic acids is 1. The number of aromatic nitrogens is 3. The Kier molecular flexibility index (Phi) is 7.49. The van der Waals surface area contributed by atoms with Crippen LogP contribution in [0.3, 0.4) is 0 Å². The van der Waals surface area contributed by atoms with Gasteiger partial charge in [-0.3, -0.25) is 14.7 Å². The van der Waals surface area contributed by atoms with Crippen LogP contribution in [0.25, 0.3) is 16.6 Å². The molecular formula is C30H27ClFN7O3. The number of carboxylic acid groups (broad SMARTS) is 1. The summed E-state index contributed by atoms with van der Waals surface area (Å²) in [6, 6.07) is 10.3. The summed E-state index contributed by atoms with van der Waals surface area (Å²) in [5.41, 5.74) is 0.840. The Balaban J connectivity index is 1.39. The van der Waals surface area contributed by atoms with E-state index >= 15 is 4.39 Å². The second-order valence-corrected chi connectivity index (χ2v) is 10.8. The zero-order valence-corrected chi connectivity index (χ0v) is 23.4. The number of piperazine rings is 1. The second kappa shape index (κ2) is 11.4. The van der Waals surface area contributed by atoms with Gasteiger partial charge >= 0.3 is 5.97 Å². The van der Waals surface area contributed by atoms with E-state index in [0.29, 0.717) is 49.8 Å². The van der Waals surface area contributed by atoms with Gasteiger partial charge < -0.3 is 19.5 Å². The van der Waals surface area contributed by atoms with Gasteiger partial charge in [-0.2, -0.15) is 5.26 Å². The van der Waals surface area contributed by atoms with E-state index in [0.717, 1.165) is 37.7 Å². The molecule has 42 heavy (non-hydrogen) atoms. The molecular weight excluding hydrogens is 561 g/mol. The topological polar surface area (TPSA) is 119 Å². The Morgan fingerprint density at radius 1 is 1.07 bits per heavy atom. The van der Waals surface area contributed by atoms with Gasteiger partial charge in [-0.15, -0.1) is 0 Å². The van der Waals surface area contributed by atoms with Crippen molar-refractivity contribution < 1.29 is 14.3 Å². The van der Waals surface area contributed by atoms with Crippen molar-refractivity contribution in [2.75, 3.05) is 49.1 Å². The number of benzene rings is 1. The monoisotopic (exact) mass is 587 g/mol. The molecule has 0 atom stereocenters. The number of hydrogen-bond acceptors (Lipinski definition) is 8. The highest BCUT2D eigenvalue weighted by Gasteiger charge is 2.28. The maximum Gasteiger partial charge on any atom is 0.341 e. The van der Waals surface area contributed by atoms with Gasteiger partial charge in [0, 0.05) is 45.1 Å². The lowest BCUT2D eigenvalue weighted by molar-refractivity contribution is 0.0695. The molecule has 0 spiro atoms. The third kappa shape index (κ3) is 5.04. The number of carbonyl (C=O) groups is 1. The minimum Gasteiger partial charge on any atom is -0.477 e. The number of hydrogen-bond donors (Lipinski definition) is 1. The average Bonchev–Trinajstić information content (AvgIpc) is 3.51. The number of pyridine rings is 3. The molecule has 2 saturated heterocycles. The van der Waals surface area contributed by atoms with Crippen LogP contribution in [0.1, 0.15) is 34.5 Å². The zero-order valence-electron chi connectivity index (χ0n) is 22.6. The fraction of sp³-hybridized carbons (Fsp3) is 0.300. The van der Waals surface area contributed by atoms with E-state index in [9.17, 15) is 20.0 Å². The molecule has 2 aliphatic rings. The fourth-order valence-corrected chi connectivity index (χ4v) is 6.15. The van der Waals surface area contributed by atoms with Crippen molar-refractivity contribution in [3.63, 3.8) is 0 Å². The summed E-state index contributed by atoms with van der Waals surface area (Å²) < 4.78 is 17.2. The van der Waals surface area contributed by atoms with Gasteiger partial charge in [0.05, 0.1) is 44.8 Å². The van der Waals surface area contributed by atoms with Crippen molar-refractivity contribution in [1.82, 2.24) is 19.4 Å². The van der Waals surface area contributed by atoms with Gasteiger partial charge in [-0.1, -0.05) is 11.6 Å². The highest BCUT2D eigenvalue weighted by atomic mass is 35.5. The van der Waals surface area contributed by atoms with E-state index in [-0.39, 0.29) is 21.6 Å². The van der Waals surface area contributed by atoms with Crippen LogP contribution in [0.15, 0.2) is 53.7 Å². The molecule has 10 nitrogen and oxygen atoms in total. The van der Waals surface area contributed by atoms with Crippen LogP contribution >= 0.6 is 11.6 Å². The van der Waals surface area contributed by atoms with Crippen LogP contribution in [0.5, 0.6) is 0 Å². The standard InChI is InChI=1S/C30H27ClFN7O3/c31-25-26-22(14-24(32)27(25)37-10-12-38(13-11-37)29-19(15-33)4-3-7-34-29)28(40)23(30(41)42)18-39(26)21-6-5-20(35-16-21)17-36-8-1-2-9-36/h3-7,14,16,18H,1-2,8-13,17H2,(H,41,42). The van der Waals surface area contributed by atoms with E-state index in [1.165, 1.54) is 10.8 Å². The van der Waals surface area contributed by atoms with E-state index in [4.69, 9.17) is 11.6 Å². The zero-order chi connectivity index (χ0) is 29.4. The molecule has 2 aliphatic heterocycles. The van der Waals surface area contributed by atoms with E-state index in [1.807, 2.05) is 11.0 Å². The number of halogens is 2. The summed E-state index contributed by atoms with van der Waals surface area (Å²) in [4.78, 5) is 40.1. The third-order valence-electron chi connectivity index (χ3n) is 7.86. The molecule has 0 radical (unpaired) electrons. The Morgan fingerprint density at radius 2 is 1.81 bits per heavy atom. The van der Waals surface area contributed by atoms with Gasteiger partial charge in [0.2, 0.25) is 5.43 Å². The molecule has 6 rings (SSSR count). The molecule has 4 aromatic rings. The first-order valence-electron chi connectivity index (χ1n) is 13.7. The Morgan fingerprint density at radius 3 is 2.48 bits per heavy atom. The number of nitrogens with zero attached hydrogens (tertiary/aromatic N) is 7. The molecule has 0 saturated carbocycles. The number of nitriles is 1. The van der Waals surface area contributed by atoms with E-state index < -0.39 is 22.8 Å². The molecule has 0 bridgehead atoms. The minimum absolute atomic E-state index is 0.00387. The summed E-state index contributed by atoms with van der Waals surface area (Å²) in [6.07, 6.45) is 6.78. The van der Waals surface area contributed by atoms with Crippen LogP contribution in [0.2, 0.25) is 5.02 Å². The van der Waals surface area contributed by atoms with Crippen LogP contribution in [0, 0.1) is 17.1 Å². The Hall–Kier alpha value is -4.53. The summed E-state index contributed by atoms with van der Waals surface area (Å²) in [7, 11) is 0. The molecule has 3 aromatic heterocycles. The van der Waals surface area contributed by atoms with Crippen LogP contribution < -0.4 is 15.2 Å². The highest BCUT2D eigenvalue weighted by Crippen LogP contribution is 2.37. The molecule has 0 unspecified atom stereocenters. The van der Waals surface area contributed by atoms with Crippen molar-refractivity contribution in [3.05, 3.63) is 86.8 Å². The molecule has 0 aliphatic carbocycles. The second-order valence-electron chi connectivity index (χ2n) is 10.4. The molecule has 0 amide bonds. The van der Waals surface area contributed by atoms with Crippen LogP contribution in [0.4, 0.5) is 15.9 Å². The molecule has 2 fully saturated rings. The first kappa shape index (κ1) is 27.6. The van der Waals surface area contributed by atoms with Crippen molar-refractivity contribution in [3.8, 4) is 11.8 Å². The smallest absolute Gasteiger partial charge is 0.341 e. The lowest BCUT2D eigenvalue weighted by Crippen LogP contribution is -2.47. The number of anilines is 2. The molecule has 12 heteroatoms. The summed E-state index contributed by atoms with van der Waals surface area (Å²) in [6.45, 7) is 4.45. The summed E-state index contributed by atoms with van der Waals surface area (Å²) in [5, 5.41) is 19.1. The lowest BCUT2D eigenvalue weighted by atomic mass is 10.1. The number of likely N-dealkylation sites (tertiary alicyclic amines) is 1. The average molecular weight is 588 g/mol. The van der Waals surface area contributed by atoms with Crippen molar-refractivity contribution >= 4 is 40.0 Å². The molecule has 1 N–H and O–H groups in total. The maximum atomic E-state index is 15.7. The molecule has 214 valence electrons. The quantitative estimate of drug-likeness (QED) is 0.356.